The van der Waals surface area contributed by atoms with E-state index >= 15 is 0 Å². The van der Waals surface area contributed by atoms with E-state index in [1.54, 1.807) is 0 Å². The zero-order chi connectivity index (χ0) is 50.0. The van der Waals surface area contributed by atoms with Crippen molar-refractivity contribution in [2.75, 3.05) is 13.2 Å². The maximum absolute atomic E-state index is 12.8. The summed E-state index contributed by atoms with van der Waals surface area (Å²) in [6, 6.07) is 0. The minimum absolute atomic E-state index is 0.0745. The quantitative estimate of drug-likeness (QED) is 0.0261. The monoisotopic (exact) mass is 969 g/mol. The highest BCUT2D eigenvalue weighted by Gasteiger charge is 2.19. The highest BCUT2D eigenvalue weighted by atomic mass is 16.6. The molecular formula is C63H116O6. The lowest BCUT2D eigenvalue weighted by molar-refractivity contribution is -0.167. The minimum Gasteiger partial charge on any atom is -0.462 e. The van der Waals surface area contributed by atoms with Crippen molar-refractivity contribution in [1.29, 1.82) is 0 Å². The van der Waals surface area contributed by atoms with Crippen molar-refractivity contribution in [2.24, 2.45) is 0 Å². The van der Waals surface area contributed by atoms with Crippen LogP contribution in [0.1, 0.15) is 329 Å². The average Bonchev–Trinajstić information content (AvgIpc) is 3.35. The zero-order valence-electron chi connectivity index (χ0n) is 46.3. The van der Waals surface area contributed by atoms with Gasteiger partial charge in [0, 0.05) is 19.3 Å². The molecule has 404 valence electrons. The highest BCUT2D eigenvalue weighted by Crippen LogP contribution is 2.17. The van der Waals surface area contributed by atoms with Gasteiger partial charge in [-0.3, -0.25) is 14.4 Å². The number of unbranched alkanes of at least 4 members (excludes halogenated alkanes) is 39. The molecule has 0 amide bonds. The number of esters is 3. The Labute approximate surface area is 429 Å². The van der Waals surface area contributed by atoms with Crippen molar-refractivity contribution < 1.29 is 28.6 Å². The number of hydrogen-bond acceptors (Lipinski definition) is 6. The van der Waals surface area contributed by atoms with Gasteiger partial charge >= 0.3 is 17.9 Å². The molecule has 1 unspecified atom stereocenters. The van der Waals surface area contributed by atoms with Crippen LogP contribution in [0, 0.1) is 0 Å². The first-order valence-corrected chi connectivity index (χ1v) is 30.5. The molecule has 0 aliphatic carbocycles. The molecular weight excluding hydrogens is 853 g/mol. The van der Waals surface area contributed by atoms with Gasteiger partial charge < -0.3 is 14.2 Å². The number of carbonyl (C=O) groups excluding carboxylic acids is 3. The Balaban J connectivity index is 4.01. The summed E-state index contributed by atoms with van der Waals surface area (Å²) in [5.41, 5.74) is 0. The van der Waals surface area contributed by atoms with Crippen LogP contribution < -0.4 is 0 Å². The largest absolute Gasteiger partial charge is 0.462 e. The van der Waals surface area contributed by atoms with E-state index < -0.39 is 6.10 Å². The van der Waals surface area contributed by atoms with Crippen LogP contribution >= 0.6 is 0 Å². The van der Waals surface area contributed by atoms with E-state index in [0.717, 1.165) is 83.5 Å². The van der Waals surface area contributed by atoms with Crippen molar-refractivity contribution in [3.63, 3.8) is 0 Å². The number of ether oxygens (including phenoxy) is 3. The van der Waals surface area contributed by atoms with Crippen molar-refractivity contribution in [1.82, 2.24) is 0 Å². The molecule has 69 heavy (non-hydrogen) atoms. The van der Waals surface area contributed by atoms with Crippen molar-refractivity contribution >= 4 is 17.9 Å². The van der Waals surface area contributed by atoms with E-state index in [1.165, 1.54) is 205 Å². The van der Waals surface area contributed by atoms with Crippen molar-refractivity contribution in [2.45, 2.75) is 335 Å². The fourth-order valence-electron chi connectivity index (χ4n) is 9.00. The SMILES string of the molecule is CCCCCC/C=C\C/C=C\CCCCCCCC(=O)OC(COC(=O)CCCCCCCC)COC(=O)CCCCCCCCCCCCCCCCCCC/C=C\CCCCCCCCCC. The van der Waals surface area contributed by atoms with Gasteiger partial charge in [-0.15, -0.1) is 0 Å². The molecule has 0 aromatic heterocycles. The van der Waals surface area contributed by atoms with Gasteiger partial charge in [0.15, 0.2) is 6.10 Å². The van der Waals surface area contributed by atoms with E-state index in [0.29, 0.717) is 19.3 Å². The van der Waals surface area contributed by atoms with Gasteiger partial charge in [0.1, 0.15) is 13.2 Å². The standard InChI is InChI=1S/C63H116O6/c1-4-7-10-13-16-18-20-22-24-26-27-28-29-30-31-32-33-34-35-36-37-38-40-41-43-45-47-50-53-56-62(65)68-59-60(58-67-61(64)55-52-49-15-12-9-6-3)69-63(66)57-54-51-48-46-44-42-39-25-23-21-19-17-14-11-8-5-2/h19,21,25-27,39,60H,4-18,20,22-24,28-38,40-59H2,1-3H3/b21-19-,27-26-,39-25-. The molecule has 0 aromatic carbocycles. The second kappa shape index (κ2) is 58.2. The van der Waals surface area contributed by atoms with Gasteiger partial charge in [-0.1, -0.05) is 269 Å². The van der Waals surface area contributed by atoms with Crippen LogP contribution in [-0.2, 0) is 28.6 Å². The van der Waals surface area contributed by atoms with Gasteiger partial charge in [-0.2, -0.15) is 0 Å². The Morgan fingerprint density at radius 2 is 0.522 bits per heavy atom. The van der Waals surface area contributed by atoms with Gasteiger partial charge in [0.05, 0.1) is 0 Å². The van der Waals surface area contributed by atoms with Crippen LogP contribution in [0.4, 0.5) is 0 Å². The Kier molecular flexibility index (Phi) is 56.2. The van der Waals surface area contributed by atoms with Crippen LogP contribution in [0.3, 0.4) is 0 Å². The van der Waals surface area contributed by atoms with Gasteiger partial charge in [0.2, 0.25) is 0 Å². The van der Waals surface area contributed by atoms with E-state index in [9.17, 15) is 14.4 Å². The van der Waals surface area contributed by atoms with E-state index in [4.69, 9.17) is 14.2 Å². The third kappa shape index (κ3) is 56.4. The highest BCUT2D eigenvalue weighted by molar-refractivity contribution is 5.71. The number of rotatable bonds is 56. The second-order valence-corrected chi connectivity index (χ2v) is 20.6. The molecule has 6 heteroatoms. The first-order chi connectivity index (χ1) is 34.0. The first-order valence-electron chi connectivity index (χ1n) is 30.5. The number of allylic oxidation sites excluding steroid dienone is 6. The summed E-state index contributed by atoms with van der Waals surface area (Å²) in [7, 11) is 0. The number of hydrogen-bond donors (Lipinski definition) is 0. The smallest absolute Gasteiger partial charge is 0.306 e. The van der Waals surface area contributed by atoms with Crippen LogP contribution in [0.15, 0.2) is 36.5 Å². The number of carbonyl (C=O) groups is 3. The molecule has 1 atom stereocenters. The molecule has 0 aliphatic rings. The molecule has 0 fully saturated rings. The van der Waals surface area contributed by atoms with Gasteiger partial charge in [-0.05, 0) is 77.0 Å². The molecule has 0 saturated heterocycles. The summed E-state index contributed by atoms with van der Waals surface area (Å²) in [5.74, 6) is -0.883. The lowest BCUT2D eigenvalue weighted by Crippen LogP contribution is -2.30. The topological polar surface area (TPSA) is 78.9 Å². The molecule has 0 rings (SSSR count). The third-order valence-electron chi connectivity index (χ3n) is 13.6. The summed E-state index contributed by atoms with van der Waals surface area (Å²) in [6.45, 7) is 6.59. The molecule has 0 spiro atoms. The van der Waals surface area contributed by atoms with Crippen molar-refractivity contribution in [3.05, 3.63) is 36.5 Å². The van der Waals surface area contributed by atoms with E-state index in [-0.39, 0.29) is 31.1 Å². The maximum Gasteiger partial charge on any atom is 0.306 e. The molecule has 0 saturated carbocycles. The maximum atomic E-state index is 12.8. The predicted octanol–water partition coefficient (Wildman–Crippen LogP) is 20.4. The summed E-state index contributed by atoms with van der Waals surface area (Å²) in [4.78, 5) is 37.9. The molecule has 6 nitrogen and oxygen atoms in total. The summed E-state index contributed by atoms with van der Waals surface area (Å²) >= 11 is 0. The molecule has 0 aliphatic heterocycles. The Morgan fingerprint density at radius 1 is 0.290 bits per heavy atom. The predicted molar refractivity (Wildman–Crippen MR) is 298 cm³/mol. The van der Waals surface area contributed by atoms with E-state index in [1.807, 2.05) is 0 Å². The fourth-order valence-corrected chi connectivity index (χ4v) is 9.00. The lowest BCUT2D eigenvalue weighted by atomic mass is 10.0. The first kappa shape index (κ1) is 66.6. The summed E-state index contributed by atoms with van der Waals surface area (Å²) in [5, 5.41) is 0. The minimum atomic E-state index is -0.774. The van der Waals surface area contributed by atoms with Crippen molar-refractivity contribution in [3.8, 4) is 0 Å². The molecule has 0 bridgehead atoms. The van der Waals surface area contributed by atoms with Gasteiger partial charge in [0.25, 0.3) is 0 Å². The van der Waals surface area contributed by atoms with Crippen LogP contribution in [0.25, 0.3) is 0 Å². The lowest BCUT2D eigenvalue weighted by Gasteiger charge is -2.18. The normalized spacial score (nSPS) is 12.2. The fraction of sp³-hybridized carbons (Fsp3) is 0.857. The van der Waals surface area contributed by atoms with Crippen LogP contribution in [0.5, 0.6) is 0 Å². The zero-order valence-corrected chi connectivity index (χ0v) is 46.3. The molecule has 0 N–H and O–H groups in total. The summed E-state index contributed by atoms with van der Waals surface area (Å²) < 4.78 is 16.8. The third-order valence-corrected chi connectivity index (χ3v) is 13.6. The van der Waals surface area contributed by atoms with E-state index in [2.05, 4.69) is 57.2 Å². The van der Waals surface area contributed by atoms with Crippen LogP contribution in [-0.4, -0.2) is 37.2 Å². The average molecular weight is 970 g/mol. The Hall–Kier alpha value is -2.37. The summed E-state index contributed by atoms with van der Waals surface area (Å²) in [6.07, 6.45) is 70.5. The van der Waals surface area contributed by atoms with Crippen LogP contribution in [0.2, 0.25) is 0 Å². The molecule has 0 radical (unpaired) electrons. The molecule has 0 heterocycles. The Morgan fingerprint density at radius 3 is 0.826 bits per heavy atom. The van der Waals surface area contributed by atoms with Gasteiger partial charge in [-0.25, -0.2) is 0 Å². The molecule has 0 aromatic rings. The second-order valence-electron chi connectivity index (χ2n) is 20.6. The Bertz CT molecular complexity index is 1160.